The quantitative estimate of drug-likeness (QED) is 0.199. The van der Waals surface area contributed by atoms with Crippen LogP contribution < -0.4 is 0 Å². The molecule has 0 aliphatic carbocycles. The first kappa shape index (κ1) is 11.0. The Morgan fingerprint density at radius 2 is 1.92 bits per heavy atom. The molecule has 0 aromatic heterocycles. The van der Waals surface area contributed by atoms with Crippen molar-refractivity contribution in [2.75, 3.05) is 20.0 Å². The van der Waals surface area contributed by atoms with Crippen LogP contribution in [0.3, 0.4) is 0 Å². The molecule has 70 valence electrons. The molecule has 0 saturated heterocycles. The van der Waals surface area contributed by atoms with Crippen molar-refractivity contribution < 1.29 is 19.0 Å². The molecule has 4 heteroatoms. The van der Waals surface area contributed by atoms with Crippen LogP contribution in [0.1, 0.15) is 13.8 Å². The van der Waals surface area contributed by atoms with E-state index in [0.717, 1.165) is 0 Å². The molecule has 0 aliphatic rings. The maximum Gasteiger partial charge on any atom is 0.373 e. The lowest BCUT2D eigenvalue weighted by molar-refractivity contribution is -0.145. The first-order chi connectivity index (χ1) is 5.72. The molecule has 0 bridgehead atoms. The fraction of sp³-hybridized carbons (Fsp3) is 0.625. The van der Waals surface area contributed by atoms with Crippen molar-refractivity contribution in [1.29, 1.82) is 0 Å². The van der Waals surface area contributed by atoms with Crippen molar-refractivity contribution in [3.05, 3.63) is 12.3 Å². The number of carbonyl (C=O) groups excluding carboxylic acids is 1. The van der Waals surface area contributed by atoms with Crippen LogP contribution in [0.25, 0.3) is 0 Å². The van der Waals surface area contributed by atoms with Crippen LogP contribution >= 0.6 is 0 Å². The molecule has 0 spiro atoms. The van der Waals surface area contributed by atoms with Gasteiger partial charge in [0.25, 0.3) is 0 Å². The van der Waals surface area contributed by atoms with Gasteiger partial charge in [-0.25, -0.2) is 4.79 Å². The van der Waals surface area contributed by atoms with Crippen LogP contribution in [0.5, 0.6) is 0 Å². The van der Waals surface area contributed by atoms with Gasteiger partial charge in [0.1, 0.15) is 0 Å². The van der Waals surface area contributed by atoms with E-state index in [0.29, 0.717) is 13.2 Å². The highest BCUT2D eigenvalue weighted by Gasteiger charge is 2.07. The molecular weight excluding hydrogens is 160 g/mol. The number of rotatable bonds is 6. The van der Waals surface area contributed by atoms with Crippen molar-refractivity contribution in [2.45, 2.75) is 13.8 Å². The van der Waals surface area contributed by atoms with E-state index in [1.807, 2.05) is 6.92 Å². The summed E-state index contributed by atoms with van der Waals surface area (Å²) in [5.74, 6) is -0.567. The van der Waals surface area contributed by atoms with Crippen LogP contribution in [-0.4, -0.2) is 26.0 Å². The topological polar surface area (TPSA) is 44.8 Å². The molecule has 4 nitrogen and oxygen atoms in total. The van der Waals surface area contributed by atoms with Gasteiger partial charge in [0.15, 0.2) is 12.6 Å². The van der Waals surface area contributed by atoms with Crippen molar-refractivity contribution in [3.8, 4) is 0 Å². The van der Waals surface area contributed by atoms with Crippen molar-refractivity contribution in [1.82, 2.24) is 0 Å². The van der Waals surface area contributed by atoms with Crippen LogP contribution in [0, 0.1) is 0 Å². The molecule has 0 radical (unpaired) electrons. The van der Waals surface area contributed by atoms with Gasteiger partial charge in [0.05, 0.1) is 6.61 Å². The second-order valence-corrected chi connectivity index (χ2v) is 1.90. The van der Waals surface area contributed by atoms with E-state index in [2.05, 4.69) is 11.3 Å². The lowest BCUT2D eigenvalue weighted by Gasteiger charge is -2.06. The monoisotopic (exact) mass is 174 g/mol. The van der Waals surface area contributed by atoms with Crippen molar-refractivity contribution in [3.63, 3.8) is 0 Å². The van der Waals surface area contributed by atoms with Gasteiger partial charge in [0, 0.05) is 6.61 Å². The van der Waals surface area contributed by atoms with Crippen molar-refractivity contribution >= 4 is 5.97 Å². The molecule has 0 saturated carbocycles. The fourth-order valence-corrected chi connectivity index (χ4v) is 0.467. The first-order valence-corrected chi connectivity index (χ1v) is 3.78. The molecule has 0 atom stereocenters. The Balaban J connectivity index is 3.50. The van der Waals surface area contributed by atoms with Crippen molar-refractivity contribution in [2.24, 2.45) is 0 Å². The van der Waals surface area contributed by atoms with Crippen LogP contribution in [-0.2, 0) is 19.0 Å². The Labute approximate surface area is 72.1 Å². The Bertz CT molecular complexity index is 153. The van der Waals surface area contributed by atoms with Gasteiger partial charge in [-0.05, 0) is 20.4 Å². The zero-order valence-electron chi connectivity index (χ0n) is 7.46. The van der Waals surface area contributed by atoms with E-state index in [1.165, 1.54) is 0 Å². The van der Waals surface area contributed by atoms with E-state index < -0.39 is 5.97 Å². The van der Waals surface area contributed by atoms with Crippen LogP contribution in [0.15, 0.2) is 12.3 Å². The second-order valence-electron chi connectivity index (χ2n) is 1.90. The Morgan fingerprint density at radius 1 is 1.25 bits per heavy atom. The number of hydrogen-bond acceptors (Lipinski definition) is 4. The molecule has 0 rings (SSSR count). The molecule has 0 heterocycles. The summed E-state index contributed by atoms with van der Waals surface area (Å²) in [4.78, 5) is 10.8. The highest BCUT2D eigenvalue weighted by molar-refractivity contribution is 5.85. The van der Waals surface area contributed by atoms with E-state index in [4.69, 9.17) is 9.47 Å². The smallest absolute Gasteiger partial charge is 0.373 e. The number of esters is 1. The molecule has 0 aromatic rings. The third kappa shape index (κ3) is 4.73. The summed E-state index contributed by atoms with van der Waals surface area (Å²) >= 11 is 0. The zero-order valence-corrected chi connectivity index (χ0v) is 7.46. The number of hydrogen-bond donors (Lipinski definition) is 0. The lowest BCUT2D eigenvalue weighted by atomic mass is 10.6. The minimum atomic E-state index is -0.544. The predicted molar refractivity (Wildman–Crippen MR) is 43.4 cm³/mol. The number of carbonyl (C=O) groups is 1. The predicted octanol–water partition coefficient (Wildman–Crippen LogP) is 1.07. The van der Waals surface area contributed by atoms with Gasteiger partial charge >= 0.3 is 5.97 Å². The second kappa shape index (κ2) is 6.67. The summed E-state index contributed by atoms with van der Waals surface area (Å²) in [7, 11) is 0. The maximum absolute atomic E-state index is 10.8. The maximum atomic E-state index is 10.8. The molecular formula is C8H14O4. The van der Waals surface area contributed by atoms with E-state index in [1.54, 1.807) is 6.92 Å². The highest BCUT2D eigenvalue weighted by atomic mass is 16.7. The third-order valence-electron chi connectivity index (χ3n) is 1.02. The molecule has 0 unspecified atom stereocenters. The molecule has 0 amide bonds. The summed E-state index contributed by atoms with van der Waals surface area (Å²) in [5, 5.41) is 0. The summed E-state index contributed by atoms with van der Waals surface area (Å²) in [6, 6.07) is 0. The number of ether oxygens (including phenoxy) is 3. The minimum Gasteiger partial charge on any atom is -0.461 e. The molecule has 0 N–H and O–H groups in total. The molecule has 12 heavy (non-hydrogen) atoms. The first-order valence-electron chi connectivity index (χ1n) is 3.78. The highest BCUT2D eigenvalue weighted by Crippen LogP contribution is 1.96. The summed E-state index contributed by atoms with van der Waals surface area (Å²) < 4.78 is 14.3. The third-order valence-corrected chi connectivity index (χ3v) is 1.02. The van der Waals surface area contributed by atoms with Gasteiger partial charge in [-0.15, -0.1) is 0 Å². The Morgan fingerprint density at radius 3 is 2.42 bits per heavy atom. The average molecular weight is 174 g/mol. The van der Waals surface area contributed by atoms with Crippen LogP contribution in [0.2, 0.25) is 0 Å². The molecule has 0 aliphatic heterocycles. The Kier molecular flexibility index (Phi) is 6.09. The minimum absolute atomic E-state index is 0.0229. The van der Waals surface area contributed by atoms with Gasteiger partial charge in [-0.3, -0.25) is 0 Å². The largest absolute Gasteiger partial charge is 0.461 e. The van der Waals surface area contributed by atoms with E-state index >= 15 is 0 Å². The molecule has 0 aromatic carbocycles. The SMILES string of the molecule is C=C(OCOCC)C(=O)OCC. The zero-order chi connectivity index (χ0) is 9.40. The normalized spacial score (nSPS) is 9.17. The summed E-state index contributed by atoms with van der Waals surface area (Å²) in [6.45, 7) is 7.80. The lowest BCUT2D eigenvalue weighted by Crippen LogP contribution is -2.11. The van der Waals surface area contributed by atoms with E-state index in [-0.39, 0.29) is 12.6 Å². The summed E-state index contributed by atoms with van der Waals surface area (Å²) in [5.41, 5.74) is 0. The van der Waals surface area contributed by atoms with Gasteiger partial charge < -0.3 is 14.2 Å². The van der Waals surface area contributed by atoms with Gasteiger partial charge in [0.2, 0.25) is 0 Å². The molecule has 0 fully saturated rings. The van der Waals surface area contributed by atoms with Gasteiger partial charge in [-0.1, -0.05) is 0 Å². The Hall–Kier alpha value is -1.03. The van der Waals surface area contributed by atoms with Crippen LogP contribution in [0.4, 0.5) is 0 Å². The standard InChI is InChI=1S/C8H14O4/c1-4-10-6-12-7(3)8(9)11-5-2/h3-6H2,1-2H3. The van der Waals surface area contributed by atoms with E-state index in [9.17, 15) is 4.79 Å². The fourth-order valence-electron chi connectivity index (χ4n) is 0.467. The average Bonchev–Trinajstić information content (AvgIpc) is 2.05. The van der Waals surface area contributed by atoms with Gasteiger partial charge in [-0.2, -0.15) is 0 Å². The summed E-state index contributed by atoms with van der Waals surface area (Å²) in [6.07, 6.45) is 0.